The van der Waals surface area contributed by atoms with Crippen molar-refractivity contribution in [2.45, 2.75) is 6.92 Å². The van der Waals surface area contributed by atoms with E-state index in [1.54, 1.807) is 6.92 Å². The fourth-order valence-electron chi connectivity index (χ4n) is 1.62. The molecule has 0 unspecified atom stereocenters. The molecule has 0 aliphatic carbocycles. The predicted molar refractivity (Wildman–Crippen MR) is 75.1 cm³/mol. The molecular weight excluding hydrogens is 302 g/mol. The molecule has 1 aromatic heterocycles. The molecule has 0 saturated carbocycles. The number of nitro benzene ring substituents is 1. The number of carbonyl (C=O) groups is 1. The number of aryl methyl sites for hydroxylation is 1. The third kappa shape index (κ3) is 3.09. The van der Waals surface area contributed by atoms with Gasteiger partial charge in [-0.3, -0.25) is 20.8 Å². The van der Waals surface area contributed by atoms with Crippen molar-refractivity contribution in [1.29, 1.82) is 0 Å². The van der Waals surface area contributed by atoms with Gasteiger partial charge < -0.3 is 15.3 Å². The van der Waals surface area contributed by atoms with Gasteiger partial charge in [-0.25, -0.2) is 0 Å². The Labute approximate surface area is 123 Å². The lowest BCUT2D eigenvalue weighted by molar-refractivity contribution is -0.384. The Bertz CT molecular complexity index is 715. The molecule has 21 heavy (non-hydrogen) atoms. The number of nitrogen functional groups attached to an aromatic ring is 1. The van der Waals surface area contributed by atoms with Gasteiger partial charge in [-0.05, 0) is 13.0 Å². The van der Waals surface area contributed by atoms with Crippen LogP contribution in [-0.2, 0) is 0 Å². The number of hydrogen-bond donors (Lipinski definition) is 3. The van der Waals surface area contributed by atoms with E-state index in [4.69, 9.17) is 22.0 Å². The molecule has 1 aromatic carbocycles. The zero-order valence-electron chi connectivity index (χ0n) is 10.7. The van der Waals surface area contributed by atoms with E-state index >= 15 is 0 Å². The number of hydrogen-bond acceptors (Lipinski definition) is 7. The van der Waals surface area contributed by atoms with Gasteiger partial charge in [0.1, 0.15) is 11.4 Å². The van der Waals surface area contributed by atoms with Crippen LogP contribution in [0.25, 0.3) is 0 Å². The molecule has 10 heteroatoms. The molecule has 0 saturated heterocycles. The molecule has 0 radical (unpaired) electrons. The van der Waals surface area contributed by atoms with Gasteiger partial charge in [0.15, 0.2) is 5.82 Å². The summed E-state index contributed by atoms with van der Waals surface area (Å²) in [7, 11) is 0. The van der Waals surface area contributed by atoms with E-state index < -0.39 is 16.5 Å². The van der Waals surface area contributed by atoms with Crippen LogP contribution in [0.5, 0.6) is 0 Å². The van der Waals surface area contributed by atoms with Crippen LogP contribution in [0.1, 0.15) is 16.1 Å². The second-order valence-electron chi connectivity index (χ2n) is 4.03. The molecule has 2 rings (SSSR count). The third-order valence-corrected chi connectivity index (χ3v) is 2.84. The molecule has 110 valence electrons. The van der Waals surface area contributed by atoms with Gasteiger partial charge >= 0.3 is 0 Å². The van der Waals surface area contributed by atoms with E-state index in [1.165, 1.54) is 12.1 Å². The maximum atomic E-state index is 12.0. The number of nitrogens with one attached hydrogen (secondary N) is 2. The van der Waals surface area contributed by atoms with E-state index in [-0.39, 0.29) is 22.1 Å². The molecule has 9 nitrogen and oxygen atoms in total. The van der Waals surface area contributed by atoms with Gasteiger partial charge in [0.25, 0.3) is 11.6 Å². The standard InChI is InChI=1S/C11H10ClN5O4/c1-5-2-9(16-21-5)14-11(18)6-3-7(12)10(15-13)8(4-6)17(19)20/h2-4,15H,13H2,1H3,(H,14,16,18). The van der Waals surface area contributed by atoms with Crippen molar-refractivity contribution < 1.29 is 14.2 Å². The Morgan fingerprint density at radius 3 is 2.71 bits per heavy atom. The highest BCUT2D eigenvalue weighted by Gasteiger charge is 2.21. The van der Waals surface area contributed by atoms with Crippen LogP contribution in [0, 0.1) is 17.0 Å². The van der Waals surface area contributed by atoms with E-state index in [0.717, 1.165) is 6.07 Å². The zero-order valence-corrected chi connectivity index (χ0v) is 11.5. The van der Waals surface area contributed by atoms with E-state index in [1.807, 2.05) is 0 Å². The average molecular weight is 312 g/mol. The first-order valence-electron chi connectivity index (χ1n) is 5.61. The average Bonchev–Trinajstić information content (AvgIpc) is 2.82. The van der Waals surface area contributed by atoms with Gasteiger partial charge in [-0.2, -0.15) is 0 Å². The highest BCUT2D eigenvalue weighted by Crippen LogP contribution is 2.33. The molecule has 0 atom stereocenters. The van der Waals surface area contributed by atoms with Crippen LogP contribution >= 0.6 is 11.6 Å². The first-order chi connectivity index (χ1) is 9.92. The summed E-state index contributed by atoms with van der Waals surface area (Å²) in [5.74, 6) is 5.27. The molecule has 1 heterocycles. The minimum Gasteiger partial charge on any atom is -0.360 e. The maximum absolute atomic E-state index is 12.0. The summed E-state index contributed by atoms with van der Waals surface area (Å²) in [5.41, 5.74) is 1.64. The summed E-state index contributed by atoms with van der Waals surface area (Å²) >= 11 is 5.87. The molecule has 0 aliphatic rings. The van der Waals surface area contributed by atoms with E-state index in [0.29, 0.717) is 5.76 Å². The van der Waals surface area contributed by atoms with Crippen LogP contribution in [0.2, 0.25) is 5.02 Å². The Kier molecular flexibility index (Phi) is 4.05. The maximum Gasteiger partial charge on any atom is 0.295 e. The summed E-state index contributed by atoms with van der Waals surface area (Å²) in [5, 5.41) is 16.9. The molecule has 4 N–H and O–H groups in total. The number of carbonyl (C=O) groups excluding carboxylic acids is 1. The second-order valence-corrected chi connectivity index (χ2v) is 4.44. The smallest absolute Gasteiger partial charge is 0.295 e. The number of halogens is 1. The number of benzene rings is 1. The normalized spacial score (nSPS) is 10.2. The van der Waals surface area contributed by atoms with Gasteiger partial charge in [0, 0.05) is 17.7 Å². The SMILES string of the molecule is Cc1cc(NC(=O)c2cc(Cl)c(NN)c([N+](=O)[O-])c2)no1. The minimum absolute atomic E-state index is 0.00801. The molecule has 0 spiro atoms. The van der Waals surface area contributed by atoms with Crippen molar-refractivity contribution in [2.24, 2.45) is 5.84 Å². The third-order valence-electron chi connectivity index (χ3n) is 2.54. The lowest BCUT2D eigenvalue weighted by Crippen LogP contribution is -2.14. The molecule has 2 aromatic rings. The number of aromatic nitrogens is 1. The van der Waals surface area contributed by atoms with Gasteiger partial charge in [-0.1, -0.05) is 16.8 Å². The van der Waals surface area contributed by atoms with E-state index in [2.05, 4.69) is 15.9 Å². The summed E-state index contributed by atoms with van der Waals surface area (Å²) in [6, 6.07) is 3.82. The molecule has 1 amide bonds. The van der Waals surface area contributed by atoms with Crippen molar-refractivity contribution >= 4 is 34.7 Å². The Hall–Kier alpha value is -2.65. The highest BCUT2D eigenvalue weighted by atomic mass is 35.5. The van der Waals surface area contributed by atoms with Crippen LogP contribution in [0.15, 0.2) is 22.7 Å². The Balaban J connectivity index is 2.35. The predicted octanol–water partition coefficient (Wildman–Crippen LogP) is 2.08. The number of nitrogens with zero attached hydrogens (tertiary/aromatic N) is 2. The van der Waals surface area contributed by atoms with E-state index in [9.17, 15) is 14.9 Å². The van der Waals surface area contributed by atoms with Crippen molar-refractivity contribution in [3.05, 3.63) is 44.7 Å². The minimum atomic E-state index is -0.696. The summed E-state index contributed by atoms with van der Waals surface area (Å²) in [6.07, 6.45) is 0. The first kappa shape index (κ1) is 14.8. The highest BCUT2D eigenvalue weighted by molar-refractivity contribution is 6.34. The summed E-state index contributed by atoms with van der Waals surface area (Å²) in [6.45, 7) is 1.66. The van der Waals surface area contributed by atoms with Gasteiger partial charge in [0.2, 0.25) is 0 Å². The van der Waals surface area contributed by atoms with Crippen molar-refractivity contribution in [2.75, 3.05) is 10.7 Å². The van der Waals surface area contributed by atoms with Crippen molar-refractivity contribution in [3.8, 4) is 0 Å². The number of rotatable bonds is 4. The summed E-state index contributed by atoms with van der Waals surface area (Å²) in [4.78, 5) is 22.3. The number of nitrogens with two attached hydrogens (primary N) is 1. The topological polar surface area (TPSA) is 136 Å². The molecule has 0 bridgehead atoms. The fraction of sp³-hybridized carbons (Fsp3) is 0.0909. The Morgan fingerprint density at radius 2 is 2.19 bits per heavy atom. The largest absolute Gasteiger partial charge is 0.360 e. The van der Waals surface area contributed by atoms with Gasteiger partial charge in [0.05, 0.1) is 9.95 Å². The number of amides is 1. The summed E-state index contributed by atoms with van der Waals surface area (Å²) < 4.78 is 4.80. The van der Waals surface area contributed by atoms with Crippen LogP contribution in [0.4, 0.5) is 17.2 Å². The number of nitro groups is 1. The lowest BCUT2D eigenvalue weighted by Gasteiger charge is -2.07. The van der Waals surface area contributed by atoms with Crippen LogP contribution in [-0.4, -0.2) is 16.0 Å². The quantitative estimate of drug-likeness (QED) is 0.446. The van der Waals surface area contributed by atoms with Crippen molar-refractivity contribution in [1.82, 2.24) is 5.16 Å². The molecular formula is C11H10ClN5O4. The monoisotopic (exact) mass is 311 g/mol. The lowest BCUT2D eigenvalue weighted by atomic mass is 10.1. The van der Waals surface area contributed by atoms with Crippen LogP contribution in [0.3, 0.4) is 0 Å². The number of anilines is 2. The molecule has 0 fully saturated rings. The fourth-order valence-corrected chi connectivity index (χ4v) is 1.89. The molecule has 0 aliphatic heterocycles. The Morgan fingerprint density at radius 1 is 1.48 bits per heavy atom. The van der Waals surface area contributed by atoms with Gasteiger partial charge in [-0.15, -0.1) is 0 Å². The first-order valence-corrected chi connectivity index (χ1v) is 5.99. The number of hydrazine groups is 1. The van der Waals surface area contributed by atoms with Crippen LogP contribution < -0.4 is 16.6 Å². The van der Waals surface area contributed by atoms with Crippen molar-refractivity contribution in [3.63, 3.8) is 0 Å². The zero-order chi connectivity index (χ0) is 15.6. The second kappa shape index (κ2) is 5.77.